The second-order valence-electron chi connectivity index (χ2n) is 7.18. The van der Waals surface area contributed by atoms with E-state index in [0.29, 0.717) is 12.0 Å². The fourth-order valence-electron chi connectivity index (χ4n) is 4.14. The maximum Gasteiger partial charge on any atom is 0.303 e. The number of benzene rings is 1. The standard InChI is InChI=1S/C21H21BrN2O3/c1-11-15(22)7-8-17-20(11)14(21(27)24-17)10-18-13(6-9-19(25)26)12-4-2-3-5-16(12)23-18/h7-8,10,23H,2-6,9H2,1H3,(H,24,27)(H,25,26)/b14-10-. The second kappa shape index (κ2) is 7.00. The van der Waals surface area contributed by atoms with E-state index in [1.165, 1.54) is 11.3 Å². The number of hydrogen-bond acceptors (Lipinski definition) is 2. The predicted octanol–water partition coefficient (Wildman–Crippen LogP) is 4.47. The highest BCUT2D eigenvalue weighted by molar-refractivity contribution is 9.10. The molecule has 1 aliphatic heterocycles. The first kappa shape index (κ1) is 18.0. The molecule has 0 spiro atoms. The first-order chi connectivity index (χ1) is 13.0. The van der Waals surface area contributed by atoms with Crippen LogP contribution in [0.25, 0.3) is 11.6 Å². The Balaban J connectivity index is 1.83. The molecule has 2 aliphatic rings. The lowest BCUT2D eigenvalue weighted by Gasteiger charge is -2.12. The normalized spacial score (nSPS) is 17.0. The number of carboxylic acids is 1. The number of hydrogen-bond donors (Lipinski definition) is 3. The van der Waals surface area contributed by atoms with Gasteiger partial charge in [-0.25, -0.2) is 0 Å². The number of aryl methyl sites for hydroxylation is 1. The predicted molar refractivity (Wildman–Crippen MR) is 109 cm³/mol. The molecule has 1 amide bonds. The quantitative estimate of drug-likeness (QED) is 0.627. The van der Waals surface area contributed by atoms with Crippen molar-refractivity contribution in [1.29, 1.82) is 0 Å². The van der Waals surface area contributed by atoms with Crippen molar-refractivity contribution in [2.24, 2.45) is 0 Å². The first-order valence-electron chi connectivity index (χ1n) is 9.22. The van der Waals surface area contributed by atoms with E-state index in [9.17, 15) is 9.59 Å². The van der Waals surface area contributed by atoms with Crippen LogP contribution in [0, 0.1) is 6.92 Å². The van der Waals surface area contributed by atoms with Crippen LogP contribution in [-0.2, 0) is 28.9 Å². The zero-order chi connectivity index (χ0) is 19.1. The number of anilines is 1. The maximum atomic E-state index is 12.6. The molecule has 2 heterocycles. The molecule has 0 saturated carbocycles. The lowest BCUT2D eigenvalue weighted by atomic mass is 9.92. The summed E-state index contributed by atoms with van der Waals surface area (Å²) < 4.78 is 0.959. The summed E-state index contributed by atoms with van der Waals surface area (Å²) in [6.45, 7) is 1.99. The van der Waals surface area contributed by atoms with Crippen LogP contribution in [-0.4, -0.2) is 22.0 Å². The molecule has 27 heavy (non-hydrogen) atoms. The molecule has 5 nitrogen and oxygen atoms in total. The van der Waals surface area contributed by atoms with Crippen molar-refractivity contribution in [3.63, 3.8) is 0 Å². The molecule has 2 aromatic rings. The van der Waals surface area contributed by atoms with Crippen molar-refractivity contribution in [3.05, 3.63) is 50.2 Å². The smallest absolute Gasteiger partial charge is 0.303 e. The molecule has 140 valence electrons. The number of carboxylic acid groups (broad SMARTS) is 1. The summed E-state index contributed by atoms with van der Waals surface area (Å²) in [6.07, 6.45) is 6.67. The molecular weight excluding hydrogens is 408 g/mol. The van der Waals surface area contributed by atoms with Gasteiger partial charge < -0.3 is 15.4 Å². The Hall–Kier alpha value is -2.34. The van der Waals surface area contributed by atoms with E-state index in [-0.39, 0.29) is 12.3 Å². The average molecular weight is 429 g/mol. The Morgan fingerprint density at radius 2 is 2.07 bits per heavy atom. The van der Waals surface area contributed by atoms with Gasteiger partial charge in [0.05, 0.1) is 5.57 Å². The number of aliphatic carboxylic acids is 1. The first-order valence-corrected chi connectivity index (χ1v) is 10.0. The molecule has 0 unspecified atom stereocenters. The molecule has 1 aromatic heterocycles. The highest BCUT2D eigenvalue weighted by Gasteiger charge is 2.28. The Morgan fingerprint density at radius 3 is 2.85 bits per heavy atom. The Bertz CT molecular complexity index is 988. The van der Waals surface area contributed by atoms with Gasteiger partial charge in [0.2, 0.25) is 0 Å². The van der Waals surface area contributed by atoms with Gasteiger partial charge in [-0.15, -0.1) is 0 Å². The molecule has 0 fully saturated rings. The number of halogens is 1. The van der Waals surface area contributed by atoms with E-state index in [1.807, 2.05) is 25.1 Å². The molecule has 0 atom stereocenters. The highest BCUT2D eigenvalue weighted by atomic mass is 79.9. The number of amides is 1. The van der Waals surface area contributed by atoms with Crippen LogP contribution in [0.5, 0.6) is 0 Å². The maximum absolute atomic E-state index is 12.6. The van der Waals surface area contributed by atoms with E-state index >= 15 is 0 Å². The zero-order valence-electron chi connectivity index (χ0n) is 15.1. The minimum atomic E-state index is -0.803. The summed E-state index contributed by atoms with van der Waals surface area (Å²) in [4.78, 5) is 27.2. The van der Waals surface area contributed by atoms with Crippen LogP contribution in [0.4, 0.5) is 5.69 Å². The van der Waals surface area contributed by atoms with Crippen molar-refractivity contribution < 1.29 is 14.7 Å². The van der Waals surface area contributed by atoms with E-state index < -0.39 is 5.97 Å². The van der Waals surface area contributed by atoms with Gasteiger partial charge in [-0.05, 0) is 73.9 Å². The molecule has 0 bridgehead atoms. The number of carbonyl (C=O) groups is 2. The van der Waals surface area contributed by atoms with Crippen LogP contribution in [0.1, 0.15) is 52.9 Å². The van der Waals surface area contributed by atoms with Gasteiger partial charge in [-0.2, -0.15) is 0 Å². The van der Waals surface area contributed by atoms with Crippen molar-refractivity contribution in [2.45, 2.75) is 45.4 Å². The fraction of sp³-hybridized carbons (Fsp3) is 0.333. The molecular formula is C21H21BrN2O3. The zero-order valence-corrected chi connectivity index (χ0v) is 16.7. The molecule has 1 aromatic carbocycles. The van der Waals surface area contributed by atoms with E-state index in [2.05, 4.69) is 26.2 Å². The van der Waals surface area contributed by atoms with Crippen molar-refractivity contribution in [1.82, 2.24) is 4.98 Å². The van der Waals surface area contributed by atoms with Crippen molar-refractivity contribution in [3.8, 4) is 0 Å². The number of nitrogens with one attached hydrogen (secondary N) is 2. The third kappa shape index (κ3) is 3.23. The van der Waals surface area contributed by atoms with Crippen LogP contribution >= 0.6 is 15.9 Å². The molecule has 0 saturated heterocycles. The van der Waals surface area contributed by atoms with Gasteiger partial charge in [0.1, 0.15) is 0 Å². The largest absolute Gasteiger partial charge is 0.481 e. The number of rotatable bonds is 4. The minimum Gasteiger partial charge on any atom is -0.481 e. The van der Waals surface area contributed by atoms with Gasteiger partial charge in [0.15, 0.2) is 0 Å². The van der Waals surface area contributed by atoms with E-state index in [4.69, 9.17) is 5.11 Å². The summed E-state index contributed by atoms with van der Waals surface area (Å²) in [5, 5.41) is 12.1. The molecule has 4 rings (SSSR count). The molecule has 0 radical (unpaired) electrons. The lowest BCUT2D eigenvalue weighted by Crippen LogP contribution is -2.05. The van der Waals surface area contributed by atoms with Gasteiger partial charge in [0.25, 0.3) is 5.91 Å². The molecule has 1 aliphatic carbocycles. The number of H-pyrrole nitrogens is 1. The fourth-order valence-corrected chi connectivity index (χ4v) is 4.47. The van der Waals surface area contributed by atoms with E-state index in [0.717, 1.165) is 58.2 Å². The lowest BCUT2D eigenvalue weighted by molar-refractivity contribution is -0.137. The van der Waals surface area contributed by atoms with Crippen molar-refractivity contribution >= 4 is 45.1 Å². The Labute approximate surface area is 166 Å². The number of carbonyl (C=O) groups excluding carboxylic acids is 1. The van der Waals surface area contributed by atoms with Crippen LogP contribution < -0.4 is 5.32 Å². The molecule has 6 heteroatoms. The minimum absolute atomic E-state index is 0.0911. The Morgan fingerprint density at radius 1 is 1.30 bits per heavy atom. The summed E-state index contributed by atoms with van der Waals surface area (Å²) >= 11 is 3.54. The number of aromatic nitrogens is 1. The Kier molecular flexibility index (Phi) is 4.68. The summed E-state index contributed by atoms with van der Waals surface area (Å²) in [5.41, 5.74) is 7.73. The van der Waals surface area contributed by atoms with Crippen LogP contribution in [0.3, 0.4) is 0 Å². The monoisotopic (exact) mass is 428 g/mol. The summed E-state index contributed by atoms with van der Waals surface area (Å²) in [6, 6.07) is 3.83. The summed E-state index contributed by atoms with van der Waals surface area (Å²) in [5.74, 6) is -0.925. The van der Waals surface area contributed by atoms with Gasteiger partial charge in [-0.3, -0.25) is 9.59 Å². The third-order valence-electron chi connectivity index (χ3n) is 5.48. The van der Waals surface area contributed by atoms with Crippen LogP contribution in [0.15, 0.2) is 16.6 Å². The topological polar surface area (TPSA) is 82.2 Å². The second-order valence-corrected chi connectivity index (χ2v) is 8.04. The van der Waals surface area contributed by atoms with E-state index in [1.54, 1.807) is 0 Å². The van der Waals surface area contributed by atoms with Crippen LogP contribution in [0.2, 0.25) is 0 Å². The van der Waals surface area contributed by atoms with Crippen molar-refractivity contribution in [2.75, 3.05) is 5.32 Å². The SMILES string of the molecule is Cc1c(Br)ccc2c1/C(=C/c1[nH]c3c(c1CCC(=O)O)CCCC3)C(=O)N2. The average Bonchev–Trinajstić information content (AvgIpc) is 3.14. The highest BCUT2D eigenvalue weighted by Crippen LogP contribution is 2.39. The summed E-state index contributed by atoms with van der Waals surface area (Å²) in [7, 11) is 0. The number of fused-ring (bicyclic) bond motifs is 2. The third-order valence-corrected chi connectivity index (χ3v) is 6.34. The van der Waals surface area contributed by atoms with Gasteiger partial charge in [-0.1, -0.05) is 15.9 Å². The number of aromatic amines is 1. The molecule has 3 N–H and O–H groups in total. The van der Waals surface area contributed by atoms with Gasteiger partial charge >= 0.3 is 5.97 Å². The van der Waals surface area contributed by atoms with Gasteiger partial charge in [0, 0.05) is 33.5 Å².